The first-order valence-corrected chi connectivity index (χ1v) is 30.4. The summed E-state index contributed by atoms with van der Waals surface area (Å²) in [7, 11) is 0. The van der Waals surface area contributed by atoms with Gasteiger partial charge in [0.25, 0.3) is 0 Å². The molecular weight excluding hydrogens is 1040 g/mol. The zero-order valence-electron chi connectivity index (χ0n) is 39.4. The molecule has 0 bridgehead atoms. The van der Waals surface area contributed by atoms with Crippen LogP contribution in [-0.4, -0.2) is 37.8 Å². The topological polar surface area (TPSA) is 69.6 Å². The molecule has 0 saturated carbocycles. The molecule has 6 nitrogen and oxygen atoms in total. The Labute approximate surface area is 401 Å². The Morgan fingerprint density at radius 2 is 1.42 bits per heavy atom. The summed E-state index contributed by atoms with van der Waals surface area (Å²) in [5, 5.41) is 2.10. The SMILES string of the molecule is Cc1cncc2nc(-c3[c-]cc(C(C)C)c4c3oc3ncccc34)n(-c3c(C(C)C)cc(-c4ccccc4)cc3C(C)C)c12.[CH3][Ge]([CH3])([CH3])[c]1cnc(-c2[c-]cccc2)c2c1CCCC2.[Ir]. The van der Waals surface area contributed by atoms with Gasteiger partial charge in [-0.3, -0.25) is 9.97 Å². The summed E-state index contributed by atoms with van der Waals surface area (Å²) in [4.78, 5) is 19.3. The third-order valence-electron chi connectivity index (χ3n) is 12.9. The van der Waals surface area contributed by atoms with Crippen LogP contribution >= 0.6 is 0 Å². The first-order valence-electron chi connectivity index (χ1n) is 23.1. The number of aromatic nitrogens is 5. The van der Waals surface area contributed by atoms with Crippen molar-refractivity contribution < 1.29 is 24.5 Å². The van der Waals surface area contributed by atoms with Gasteiger partial charge in [0.2, 0.25) is 5.71 Å². The maximum absolute atomic E-state index is 6.57. The summed E-state index contributed by atoms with van der Waals surface area (Å²) in [6.07, 6.45) is 12.8. The molecule has 4 aromatic carbocycles. The second kappa shape index (κ2) is 19.0. The number of imidazole rings is 1. The zero-order chi connectivity index (χ0) is 44.9. The molecule has 333 valence electrons. The summed E-state index contributed by atoms with van der Waals surface area (Å²) < 4.78 is 10.5. The Kier molecular flexibility index (Phi) is 13.5. The van der Waals surface area contributed by atoms with Gasteiger partial charge in [-0.1, -0.05) is 88.7 Å². The van der Waals surface area contributed by atoms with Gasteiger partial charge in [0.1, 0.15) is 0 Å². The number of hydrogen-bond acceptors (Lipinski definition) is 5. The van der Waals surface area contributed by atoms with E-state index in [0.29, 0.717) is 11.6 Å². The number of aryl methyl sites for hydroxylation is 1. The second-order valence-corrected chi connectivity index (χ2v) is 30.0. The van der Waals surface area contributed by atoms with Gasteiger partial charge in [-0.05, 0) is 70.8 Å². The van der Waals surface area contributed by atoms with Crippen LogP contribution in [0.1, 0.15) is 106 Å². The van der Waals surface area contributed by atoms with Gasteiger partial charge in [0.05, 0.1) is 28.6 Å². The molecule has 5 aromatic heterocycles. The van der Waals surface area contributed by atoms with Crippen molar-refractivity contribution in [3.8, 4) is 39.5 Å². The van der Waals surface area contributed by atoms with E-state index in [1.54, 1.807) is 16.2 Å². The van der Waals surface area contributed by atoms with Gasteiger partial charge in [-0.15, -0.1) is 17.7 Å². The molecule has 1 radical (unpaired) electrons. The Bertz CT molecular complexity index is 3110. The first kappa shape index (κ1) is 46.3. The molecule has 0 saturated heterocycles. The molecule has 0 atom stereocenters. The summed E-state index contributed by atoms with van der Waals surface area (Å²) in [6, 6.07) is 36.8. The van der Waals surface area contributed by atoms with E-state index in [0.717, 1.165) is 49.9 Å². The monoisotopic (exact) mass is 1100 g/mol. The van der Waals surface area contributed by atoms with Gasteiger partial charge in [0, 0.05) is 43.6 Å². The number of nitrogens with zero attached hydrogens (tertiary/aromatic N) is 5. The summed E-state index contributed by atoms with van der Waals surface area (Å²) in [6.45, 7) is 15.6. The standard InChI is InChI=1S/C39H37N4O.C18H22GeN.Ir/c1-22(2)28-15-16-30(37-34(28)29-14-11-17-41-39(29)44-37)38-42-33-21-40-20-25(7)35(33)43(38)36-31(23(3)4)18-27(19-32(36)24(5)6)26-12-9-8-10-13-26;1-19(2,3)17-13-20-18(14-9-5-4-6-10-14)16-12-8-7-11-15(16)17;/h8-15,17-24H,1-7H3;4-6,9,13H,7-8,11-12H2,1-3H3;/q2*-1;. The van der Waals surface area contributed by atoms with Gasteiger partial charge < -0.3 is 8.98 Å². The van der Waals surface area contributed by atoms with Gasteiger partial charge >= 0.3 is 125 Å². The molecule has 8 heteroatoms. The Morgan fingerprint density at radius 1 is 0.723 bits per heavy atom. The molecular formula is C57H59GeIrN5O-2. The molecule has 0 aliphatic heterocycles. The fourth-order valence-corrected chi connectivity index (χ4v) is 13.1. The van der Waals surface area contributed by atoms with E-state index in [4.69, 9.17) is 14.4 Å². The summed E-state index contributed by atoms with van der Waals surface area (Å²) in [5.41, 5.74) is 18.0. The van der Waals surface area contributed by atoms with Gasteiger partial charge in [0.15, 0.2) is 0 Å². The number of furan rings is 1. The maximum atomic E-state index is 6.57. The van der Waals surface area contributed by atoms with Crippen molar-refractivity contribution >= 4 is 50.8 Å². The molecule has 0 amide bonds. The average Bonchev–Trinajstić information content (AvgIpc) is 3.88. The number of pyridine rings is 3. The number of fused-ring (bicyclic) bond motifs is 5. The quantitative estimate of drug-likeness (QED) is 0.112. The molecule has 9 aromatic rings. The number of rotatable bonds is 8. The van der Waals surface area contributed by atoms with Crippen LogP contribution in [0.3, 0.4) is 0 Å². The van der Waals surface area contributed by atoms with E-state index in [1.807, 2.05) is 30.6 Å². The van der Waals surface area contributed by atoms with E-state index in [9.17, 15) is 0 Å². The zero-order valence-corrected chi connectivity index (χ0v) is 43.9. The van der Waals surface area contributed by atoms with Crippen LogP contribution in [-0.2, 0) is 32.9 Å². The van der Waals surface area contributed by atoms with E-state index >= 15 is 0 Å². The van der Waals surface area contributed by atoms with Crippen LogP contribution < -0.4 is 4.40 Å². The summed E-state index contributed by atoms with van der Waals surface area (Å²) in [5.74, 6) is 9.04. The van der Waals surface area contributed by atoms with Crippen molar-refractivity contribution in [1.82, 2.24) is 24.5 Å². The van der Waals surface area contributed by atoms with Crippen LogP contribution in [0, 0.1) is 19.1 Å². The third-order valence-corrected chi connectivity index (χ3v) is 17.2. The molecule has 0 fully saturated rings. The van der Waals surface area contributed by atoms with Crippen molar-refractivity contribution in [2.45, 2.75) is 109 Å². The molecule has 65 heavy (non-hydrogen) atoms. The van der Waals surface area contributed by atoms with Crippen molar-refractivity contribution in [2.75, 3.05) is 0 Å². The second-order valence-electron chi connectivity index (χ2n) is 19.4. The predicted octanol–water partition coefficient (Wildman–Crippen LogP) is 14.5. The molecule has 0 N–H and O–H groups in total. The van der Waals surface area contributed by atoms with Crippen LogP contribution in [0.4, 0.5) is 0 Å². The number of benzene rings is 4. The van der Waals surface area contributed by atoms with Crippen LogP contribution in [0.5, 0.6) is 0 Å². The molecule has 5 heterocycles. The van der Waals surface area contributed by atoms with E-state index < -0.39 is 13.3 Å². The van der Waals surface area contributed by atoms with Crippen LogP contribution in [0.2, 0.25) is 17.3 Å². The minimum Gasteiger partial charge on any atom is 0 e. The van der Waals surface area contributed by atoms with Crippen LogP contribution in [0.25, 0.3) is 72.6 Å². The molecule has 1 aliphatic rings. The third kappa shape index (κ3) is 8.80. The summed E-state index contributed by atoms with van der Waals surface area (Å²) >= 11 is -1.83. The molecule has 0 unspecified atom stereocenters. The average molecular weight is 1090 g/mol. The maximum Gasteiger partial charge on any atom is 0 e. The molecule has 10 rings (SSSR count). The van der Waals surface area contributed by atoms with Gasteiger partial charge in [-0.25, -0.2) is 4.98 Å². The van der Waals surface area contributed by atoms with Crippen molar-refractivity contribution in [2.24, 2.45) is 0 Å². The van der Waals surface area contributed by atoms with E-state index in [1.165, 1.54) is 70.4 Å². The minimum atomic E-state index is -1.83. The normalized spacial score (nSPS) is 12.8. The fourth-order valence-electron chi connectivity index (χ4n) is 9.66. The van der Waals surface area contributed by atoms with E-state index in [2.05, 4.69) is 165 Å². The Morgan fingerprint density at radius 3 is 2.08 bits per heavy atom. The van der Waals surface area contributed by atoms with Crippen LogP contribution in [0.15, 0.2) is 114 Å². The van der Waals surface area contributed by atoms with Crippen molar-refractivity contribution in [3.05, 3.63) is 155 Å². The molecule has 0 spiro atoms. The molecule has 1 aliphatic carbocycles. The Hall–Kier alpha value is -5.21. The van der Waals surface area contributed by atoms with Gasteiger partial charge in [-0.2, -0.15) is 0 Å². The minimum absolute atomic E-state index is 0. The van der Waals surface area contributed by atoms with Crippen molar-refractivity contribution in [1.29, 1.82) is 0 Å². The largest absolute Gasteiger partial charge is 0 e. The predicted molar refractivity (Wildman–Crippen MR) is 269 cm³/mol. The Balaban J connectivity index is 0.000000230. The van der Waals surface area contributed by atoms with E-state index in [-0.39, 0.29) is 31.9 Å². The smallest absolute Gasteiger partial charge is 0 e. The first-order chi connectivity index (χ1) is 30.8. The fraction of sp³-hybridized carbons (Fsp3) is 0.298. The number of hydrogen-bond donors (Lipinski definition) is 0. The van der Waals surface area contributed by atoms with Crippen molar-refractivity contribution in [3.63, 3.8) is 0 Å².